The summed E-state index contributed by atoms with van der Waals surface area (Å²) in [7, 11) is 2.85. The summed E-state index contributed by atoms with van der Waals surface area (Å²) < 4.78 is 24.0. The van der Waals surface area contributed by atoms with Crippen LogP contribution in [0.3, 0.4) is 0 Å². The lowest BCUT2D eigenvalue weighted by Crippen LogP contribution is -1.98. The van der Waals surface area contributed by atoms with Gasteiger partial charge in [0.15, 0.2) is 6.29 Å². The van der Waals surface area contributed by atoms with Crippen molar-refractivity contribution in [3.63, 3.8) is 0 Å². The van der Waals surface area contributed by atoms with Crippen LogP contribution in [0.4, 0.5) is 4.39 Å². The minimum absolute atomic E-state index is 0.201. The third-order valence-corrected chi connectivity index (χ3v) is 2.61. The first kappa shape index (κ1) is 11.4. The molecule has 0 saturated carbocycles. The van der Waals surface area contributed by atoms with E-state index < -0.39 is 5.82 Å². The van der Waals surface area contributed by atoms with Crippen LogP contribution in [-0.4, -0.2) is 20.5 Å². The lowest BCUT2D eigenvalue weighted by Gasteiger charge is -2.12. The Morgan fingerprint density at radius 3 is 2.59 bits per heavy atom. The number of rotatable bonds is 3. The number of hydrogen-bond acceptors (Lipinski definition) is 3. The second-order valence-corrected chi connectivity index (χ2v) is 3.48. The summed E-state index contributed by atoms with van der Waals surface area (Å²) in [6.07, 6.45) is 0.601. The van der Waals surface area contributed by atoms with Crippen molar-refractivity contribution in [3.05, 3.63) is 35.6 Å². The molecule has 0 unspecified atom stereocenters. The molecule has 0 amide bonds. The number of carbonyl (C=O) groups excluding carboxylic acids is 1. The van der Waals surface area contributed by atoms with E-state index in [4.69, 9.17) is 9.47 Å². The summed E-state index contributed by atoms with van der Waals surface area (Å²) in [6, 6.07) is 6.27. The van der Waals surface area contributed by atoms with Crippen LogP contribution in [0.25, 0.3) is 10.8 Å². The fraction of sp³-hybridized carbons (Fsp3) is 0.154. The van der Waals surface area contributed by atoms with Crippen LogP contribution >= 0.6 is 0 Å². The van der Waals surface area contributed by atoms with Gasteiger partial charge in [0.1, 0.15) is 17.3 Å². The molecule has 0 radical (unpaired) electrons. The molecule has 2 aromatic rings. The normalized spacial score (nSPS) is 10.3. The van der Waals surface area contributed by atoms with E-state index in [1.54, 1.807) is 18.2 Å². The number of halogens is 1. The van der Waals surface area contributed by atoms with Crippen LogP contribution in [0.2, 0.25) is 0 Å². The Morgan fingerprint density at radius 1 is 1.24 bits per heavy atom. The molecule has 0 heterocycles. The van der Waals surface area contributed by atoms with E-state index >= 15 is 0 Å². The Hall–Kier alpha value is -2.10. The van der Waals surface area contributed by atoms with Gasteiger partial charge in [-0.15, -0.1) is 0 Å². The zero-order valence-electron chi connectivity index (χ0n) is 9.49. The van der Waals surface area contributed by atoms with Gasteiger partial charge in [0.2, 0.25) is 0 Å². The third kappa shape index (κ3) is 1.71. The van der Waals surface area contributed by atoms with Crippen LogP contribution in [0.5, 0.6) is 11.5 Å². The smallest absolute Gasteiger partial charge is 0.157 e. The summed E-state index contributed by atoms with van der Waals surface area (Å²) in [5.41, 5.74) is 0.215. The molecule has 0 saturated heterocycles. The molecule has 88 valence electrons. The molecule has 0 aliphatic carbocycles. The zero-order chi connectivity index (χ0) is 12.4. The monoisotopic (exact) mass is 234 g/mol. The van der Waals surface area contributed by atoms with E-state index in [-0.39, 0.29) is 16.7 Å². The van der Waals surface area contributed by atoms with E-state index in [1.165, 1.54) is 20.3 Å². The van der Waals surface area contributed by atoms with Crippen LogP contribution in [0, 0.1) is 5.82 Å². The van der Waals surface area contributed by atoms with Crippen LogP contribution in [0.15, 0.2) is 24.3 Å². The van der Waals surface area contributed by atoms with Gasteiger partial charge in [-0.05, 0) is 17.5 Å². The van der Waals surface area contributed by atoms with Gasteiger partial charge in [-0.25, -0.2) is 4.39 Å². The Balaban J connectivity index is 2.95. The molecule has 0 fully saturated rings. The van der Waals surface area contributed by atoms with Crippen molar-refractivity contribution < 1.29 is 18.7 Å². The third-order valence-electron chi connectivity index (χ3n) is 2.61. The van der Waals surface area contributed by atoms with Gasteiger partial charge in [-0.1, -0.05) is 12.1 Å². The molecule has 0 atom stereocenters. The summed E-state index contributed by atoms with van der Waals surface area (Å²) in [6.45, 7) is 0. The summed E-state index contributed by atoms with van der Waals surface area (Å²) in [5, 5.41) is 0.919. The van der Waals surface area contributed by atoms with E-state index in [9.17, 15) is 9.18 Å². The average Bonchev–Trinajstić information content (AvgIpc) is 2.36. The predicted octanol–water partition coefficient (Wildman–Crippen LogP) is 2.81. The largest absolute Gasteiger partial charge is 0.496 e. The van der Waals surface area contributed by atoms with Crippen molar-refractivity contribution in [3.8, 4) is 11.5 Å². The fourth-order valence-corrected chi connectivity index (χ4v) is 1.86. The van der Waals surface area contributed by atoms with Gasteiger partial charge in [0.05, 0.1) is 25.2 Å². The maximum Gasteiger partial charge on any atom is 0.157 e. The second kappa shape index (κ2) is 4.41. The van der Waals surface area contributed by atoms with Crippen LogP contribution < -0.4 is 9.47 Å². The highest BCUT2D eigenvalue weighted by Gasteiger charge is 2.16. The highest BCUT2D eigenvalue weighted by atomic mass is 19.1. The molecule has 0 aliphatic heterocycles. The minimum Gasteiger partial charge on any atom is -0.496 e. The predicted molar refractivity (Wildman–Crippen MR) is 62.4 cm³/mol. The minimum atomic E-state index is -0.426. The number of carbonyl (C=O) groups is 1. The number of aldehydes is 1. The molecule has 0 N–H and O–H groups in total. The van der Waals surface area contributed by atoms with Crippen molar-refractivity contribution in [2.45, 2.75) is 0 Å². The van der Waals surface area contributed by atoms with E-state index in [1.807, 2.05) is 0 Å². The van der Waals surface area contributed by atoms with Crippen LogP contribution in [0.1, 0.15) is 10.4 Å². The Kier molecular flexibility index (Phi) is 2.95. The van der Waals surface area contributed by atoms with Crippen LogP contribution in [-0.2, 0) is 0 Å². The lowest BCUT2D eigenvalue weighted by molar-refractivity contribution is 0.111. The molecule has 2 aromatic carbocycles. The molecule has 0 aromatic heterocycles. The Bertz CT molecular complexity index is 578. The molecule has 2 rings (SSSR count). The maximum atomic E-state index is 13.7. The van der Waals surface area contributed by atoms with Gasteiger partial charge in [0.25, 0.3) is 0 Å². The zero-order valence-corrected chi connectivity index (χ0v) is 9.49. The molecule has 4 heteroatoms. The lowest BCUT2D eigenvalue weighted by atomic mass is 10.0. The van der Waals surface area contributed by atoms with Crippen molar-refractivity contribution in [1.82, 2.24) is 0 Å². The molecule has 0 spiro atoms. The van der Waals surface area contributed by atoms with Crippen molar-refractivity contribution in [2.24, 2.45) is 0 Å². The quantitative estimate of drug-likeness (QED) is 0.766. The van der Waals surface area contributed by atoms with Crippen molar-refractivity contribution in [2.75, 3.05) is 14.2 Å². The average molecular weight is 234 g/mol. The highest BCUT2D eigenvalue weighted by molar-refractivity contribution is 5.99. The SMILES string of the molecule is COc1cc2cccc(F)c2c(OC)c1C=O. The van der Waals surface area contributed by atoms with Gasteiger partial charge < -0.3 is 9.47 Å². The molecular formula is C13H11FO3. The summed E-state index contributed by atoms with van der Waals surface area (Å²) >= 11 is 0. The number of ether oxygens (including phenoxy) is 2. The van der Waals surface area contributed by atoms with Crippen molar-refractivity contribution in [1.29, 1.82) is 0 Å². The number of hydrogen-bond donors (Lipinski definition) is 0. The Labute approximate surface area is 97.8 Å². The molecule has 0 bridgehead atoms. The Morgan fingerprint density at radius 2 is 2.00 bits per heavy atom. The molecule has 17 heavy (non-hydrogen) atoms. The fourth-order valence-electron chi connectivity index (χ4n) is 1.86. The first-order chi connectivity index (χ1) is 8.22. The summed E-state index contributed by atoms with van der Waals surface area (Å²) in [4.78, 5) is 11.0. The van der Waals surface area contributed by atoms with E-state index in [0.29, 0.717) is 17.4 Å². The van der Waals surface area contributed by atoms with Crippen molar-refractivity contribution >= 4 is 17.1 Å². The highest BCUT2D eigenvalue weighted by Crippen LogP contribution is 2.37. The van der Waals surface area contributed by atoms with E-state index in [0.717, 1.165) is 0 Å². The first-order valence-corrected chi connectivity index (χ1v) is 5.01. The van der Waals surface area contributed by atoms with Gasteiger partial charge in [0, 0.05) is 0 Å². The second-order valence-electron chi connectivity index (χ2n) is 3.48. The maximum absolute atomic E-state index is 13.7. The standard InChI is InChI=1S/C13H11FO3/c1-16-11-6-8-4-3-5-10(14)12(8)13(17-2)9(11)7-15/h3-7H,1-2H3. The number of benzene rings is 2. The molecule has 0 aliphatic rings. The van der Waals surface area contributed by atoms with E-state index in [2.05, 4.69) is 0 Å². The van der Waals surface area contributed by atoms with Gasteiger partial charge >= 0.3 is 0 Å². The molecular weight excluding hydrogens is 223 g/mol. The number of methoxy groups -OCH3 is 2. The topological polar surface area (TPSA) is 35.5 Å². The van der Waals surface area contributed by atoms with Gasteiger partial charge in [-0.3, -0.25) is 4.79 Å². The molecule has 3 nitrogen and oxygen atoms in total. The van der Waals surface area contributed by atoms with Gasteiger partial charge in [-0.2, -0.15) is 0 Å². The summed E-state index contributed by atoms with van der Waals surface area (Å²) in [5.74, 6) is 0.146. The number of fused-ring (bicyclic) bond motifs is 1. The first-order valence-electron chi connectivity index (χ1n) is 5.01.